The van der Waals surface area contributed by atoms with Crippen LogP contribution in [0.1, 0.15) is 63.6 Å². The molecule has 0 spiro atoms. The lowest BCUT2D eigenvalue weighted by molar-refractivity contribution is -0.127. The molecule has 1 aliphatic heterocycles. The highest BCUT2D eigenvalue weighted by molar-refractivity contribution is 5.82. The Kier molecular flexibility index (Phi) is 4.68. The molecular formula is C16H25N3O2. The number of hydrogen-bond donors (Lipinski definition) is 0. The second-order valence-corrected chi connectivity index (χ2v) is 6.31. The van der Waals surface area contributed by atoms with Gasteiger partial charge in [0.1, 0.15) is 5.78 Å². The van der Waals surface area contributed by atoms with Crippen LogP contribution in [0.3, 0.4) is 0 Å². The van der Waals surface area contributed by atoms with E-state index in [2.05, 4.69) is 15.0 Å². The summed E-state index contributed by atoms with van der Waals surface area (Å²) >= 11 is 0. The highest BCUT2D eigenvalue weighted by atomic mass is 16.5. The largest absolute Gasteiger partial charge is 0.339 e. The van der Waals surface area contributed by atoms with Gasteiger partial charge in [-0.15, -0.1) is 0 Å². The number of Topliss-reactive ketones (excluding diaryl/α,β-unsaturated/α-hetero) is 1. The van der Waals surface area contributed by atoms with Crippen LogP contribution >= 0.6 is 0 Å². The van der Waals surface area contributed by atoms with Crippen molar-refractivity contribution in [2.45, 2.75) is 70.9 Å². The van der Waals surface area contributed by atoms with E-state index in [4.69, 9.17) is 4.52 Å². The fourth-order valence-electron chi connectivity index (χ4n) is 3.77. The zero-order valence-corrected chi connectivity index (χ0v) is 12.9. The average Bonchev–Trinajstić information content (AvgIpc) is 2.96. The molecule has 0 radical (unpaired) electrons. The van der Waals surface area contributed by atoms with Gasteiger partial charge >= 0.3 is 0 Å². The van der Waals surface area contributed by atoms with Crippen LogP contribution < -0.4 is 0 Å². The number of carbonyl (C=O) groups excluding carboxylic acids is 1. The Hall–Kier alpha value is -1.23. The Morgan fingerprint density at radius 1 is 1.24 bits per heavy atom. The van der Waals surface area contributed by atoms with E-state index in [0.717, 1.165) is 51.0 Å². The lowest BCUT2D eigenvalue weighted by atomic mass is 9.79. The van der Waals surface area contributed by atoms with Crippen LogP contribution in [-0.4, -0.2) is 33.4 Å². The van der Waals surface area contributed by atoms with E-state index in [1.54, 1.807) is 0 Å². The van der Waals surface area contributed by atoms with E-state index in [1.807, 2.05) is 6.92 Å². The fourth-order valence-corrected chi connectivity index (χ4v) is 3.77. The Labute approximate surface area is 126 Å². The van der Waals surface area contributed by atoms with Crippen molar-refractivity contribution in [1.82, 2.24) is 15.0 Å². The van der Waals surface area contributed by atoms with Crippen LogP contribution in [-0.2, 0) is 17.8 Å². The third kappa shape index (κ3) is 3.34. The molecule has 2 fully saturated rings. The van der Waals surface area contributed by atoms with Gasteiger partial charge in [-0.25, -0.2) is 0 Å². The third-order valence-electron chi connectivity index (χ3n) is 4.89. The summed E-state index contributed by atoms with van der Waals surface area (Å²) in [5, 5.41) is 4.07. The van der Waals surface area contributed by atoms with Crippen LogP contribution in [0.15, 0.2) is 4.52 Å². The number of aryl methyl sites for hydroxylation is 1. The molecule has 1 saturated heterocycles. The standard InChI is InChI=1S/C16H25N3O2/c1-2-16-17-15(18-21-16)11-19-10-6-5-8-13(19)12-7-3-4-9-14(12)20/h12-13H,2-11H2,1H3. The number of rotatable bonds is 4. The predicted octanol–water partition coefficient (Wildman–Crippen LogP) is 2.75. The molecule has 1 aromatic heterocycles. The van der Waals surface area contributed by atoms with E-state index in [-0.39, 0.29) is 5.92 Å². The minimum Gasteiger partial charge on any atom is -0.339 e. The molecule has 5 heteroatoms. The zero-order valence-electron chi connectivity index (χ0n) is 12.9. The molecule has 0 N–H and O–H groups in total. The van der Waals surface area contributed by atoms with Gasteiger partial charge in [0.2, 0.25) is 5.89 Å². The minimum atomic E-state index is 0.233. The molecule has 2 aliphatic rings. The Balaban J connectivity index is 1.70. The van der Waals surface area contributed by atoms with Gasteiger partial charge in [0, 0.05) is 24.8 Å². The maximum Gasteiger partial charge on any atom is 0.226 e. The number of aromatic nitrogens is 2. The molecular weight excluding hydrogens is 266 g/mol. The van der Waals surface area contributed by atoms with E-state index in [9.17, 15) is 4.79 Å². The molecule has 2 unspecified atom stereocenters. The number of piperidine rings is 1. The molecule has 21 heavy (non-hydrogen) atoms. The third-order valence-corrected chi connectivity index (χ3v) is 4.89. The number of nitrogens with zero attached hydrogens (tertiary/aromatic N) is 3. The first-order valence-electron chi connectivity index (χ1n) is 8.36. The molecule has 0 aromatic carbocycles. The van der Waals surface area contributed by atoms with Crippen molar-refractivity contribution in [3.05, 3.63) is 11.7 Å². The summed E-state index contributed by atoms with van der Waals surface area (Å²) < 4.78 is 5.20. The molecule has 116 valence electrons. The van der Waals surface area contributed by atoms with Crippen LogP contribution in [0.4, 0.5) is 0 Å². The summed E-state index contributed by atoms with van der Waals surface area (Å²) in [6, 6.07) is 0.384. The SMILES string of the molecule is CCc1nc(CN2CCCCC2C2CCCCC2=O)no1. The zero-order chi connectivity index (χ0) is 14.7. The van der Waals surface area contributed by atoms with Crippen molar-refractivity contribution in [1.29, 1.82) is 0 Å². The van der Waals surface area contributed by atoms with Crippen molar-refractivity contribution >= 4 is 5.78 Å². The van der Waals surface area contributed by atoms with Crippen molar-refractivity contribution in [2.24, 2.45) is 5.92 Å². The van der Waals surface area contributed by atoms with E-state index >= 15 is 0 Å². The van der Waals surface area contributed by atoms with Crippen molar-refractivity contribution < 1.29 is 9.32 Å². The monoisotopic (exact) mass is 291 g/mol. The Morgan fingerprint density at radius 2 is 2.10 bits per heavy atom. The number of ketones is 1. The molecule has 2 atom stereocenters. The molecule has 2 heterocycles. The minimum absolute atomic E-state index is 0.233. The van der Waals surface area contributed by atoms with Crippen LogP contribution in [0.25, 0.3) is 0 Å². The quantitative estimate of drug-likeness (QED) is 0.853. The lowest BCUT2D eigenvalue weighted by Crippen LogP contribution is -2.47. The van der Waals surface area contributed by atoms with E-state index in [1.165, 1.54) is 19.3 Å². The topological polar surface area (TPSA) is 59.2 Å². The smallest absolute Gasteiger partial charge is 0.226 e. The average molecular weight is 291 g/mol. The number of likely N-dealkylation sites (tertiary alicyclic amines) is 1. The van der Waals surface area contributed by atoms with Crippen molar-refractivity contribution in [3.8, 4) is 0 Å². The number of carbonyl (C=O) groups is 1. The molecule has 1 aromatic rings. The van der Waals surface area contributed by atoms with Gasteiger partial charge in [-0.2, -0.15) is 4.98 Å². The van der Waals surface area contributed by atoms with Gasteiger partial charge in [0.05, 0.1) is 6.54 Å². The predicted molar refractivity (Wildman–Crippen MR) is 78.7 cm³/mol. The number of hydrogen-bond acceptors (Lipinski definition) is 5. The summed E-state index contributed by atoms with van der Waals surface area (Å²) in [7, 11) is 0. The van der Waals surface area contributed by atoms with Crippen LogP contribution in [0.2, 0.25) is 0 Å². The summed E-state index contributed by atoms with van der Waals surface area (Å²) in [6.07, 6.45) is 8.46. The van der Waals surface area contributed by atoms with Crippen molar-refractivity contribution in [3.63, 3.8) is 0 Å². The maximum atomic E-state index is 12.3. The second-order valence-electron chi connectivity index (χ2n) is 6.31. The van der Waals surface area contributed by atoms with Gasteiger partial charge in [0.15, 0.2) is 5.82 Å². The molecule has 1 aliphatic carbocycles. The van der Waals surface area contributed by atoms with Gasteiger partial charge in [-0.1, -0.05) is 24.9 Å². The van der Waals surface area contributed by atoms with Gasteiger partial charge in [-0.3, -0.25) is 9.69 Å². The first-order chi connectivity index (χ1) is 10.3. The first kappa shape index (κ1) is 14.7. The molecule has 0 amide bonds. The lowest BCUT2D eigenvalue weighted by Gasteiger charge is -2.40. The first-order valence-corrected chi connectivity index (χ1v) is 8.36. The molecule has 1 saturated carbocycles. The van der Waals surface area contributed by atoms with Crippen molar-refractivity contribution in [2.75, 3.05) is 6.54 Å². The van der Waals surface area contributed by atoms with Gasteiger partial charge < -0.3 is 4.52 Å². The van der Waals surface area contributed by atoms with Gasteiger partial charge in [0.25, 0.3) is 0 Å². The van der Waals surface area contributed by atoms with E-state index < -0.39 is 0 Å². The van der Waals surface area contributed by atoms with E-state index in [0.29, 0.717) is 17.7 Å². The normalized spacial score (nSPS) is 28.0. The van der Waals surface area contributed by atoms with Crippen LogP contribution in [0.5, 0.6) is 0 Å². The molecule has 0 bridgehead atoms. The second kappa shape index (κ2) is 6.69. The molecule has 3 rings (SSSR count). The summed E-state index contributed by atoms with van der Waals surface area (Å²) in [5.41, 5.74) is 0. The van der Waals surface area contributed by atoms with Crippen LogP contribution in [0, 0.1) is 5.92 Å². The highest BCUT2D eigenvalue weighted by Crippen LogP contribution is 2.32. The fraction of sp³-hybridized carbons (Fsp3) is 0.812. The summed E-state index contributed by atoms with van der Waals surface area (Å²) in [4.78, 5) is 19.1. The molecule has 5 nitrogen and oxygen atoms in total. The summed E-state index contributed by atoms with van der Waals surface area (Å²) in [5.74, 6) is 2.17. The highest BCUT2D eigenvalue weighted by Gasteiger charge is 2.35. The Morgan fingerprint density at radius 3 is 2.86 bits per heavy atom. The van der Waals surface area contributed by atoms with Gasteiger partial charge in [-0.05, 0) is 32.2 Å². The Bertz CT molecular complexity index is 486. The summed E-state index contributed by atoms with van der Waals surface area (Å²) in [6.45, 7) is 3.78. The maximum absolute atomic E-state index is 12.3.